The van der Waals surface area contributed by atoms with Crippen LogP contribution in [-0.4, -0.2) is 31.5 Å². The van der Waals surface area contributed by atoms with Crippen LogP contribution < -0.4 is 26.0 Å². The summed E-state index contributed by atoms with van der Waals surface area (Å²) in [5.41, 5.74) is 4.35. The number of hydrogen-bond acceptors (Lipinski definition) is 2. The molecule has 0 spiro atoms. The van der Waals surface area contributed by atoms with E-state index in [4.69, 9.17) is 9.72 Å². The first-order chi connectivity index (χ1) is 21.8. The van der Waals surface area contributed by atoms with Crippen LogP contribution in [0, 0.1) is 0 Å². The van der Waals surface area contributed by atoms with Crippen molar-refractivity contribution in [1.29, 1.82) is 0 Å². The fourth-order valence-corrected chi connectivity index (χ4v) is 10.5. The van der Waals surface area contributed by atoms with Crippen LogP contribution in [0.25, 0.3) is 11.5 Å². The lowest BCUT2D eigenvalue weighted by molar-refractivity contribution is 0.317. The van der Waals surface area contributed by atoms with Crippen LogP contribution in [0.15, 0.2) is 158 Å². The van der Waals surface area contributed by atoms with Gasteiger partial charge in [0.2, 0.25) is 7.28 Å². The molecule has 0 aliphatic carbocycles. The van der Waals surface area contributed by atoms with Gasteiger partial charge in [-0.25, -0.2) is 0 Å². The Bertz CT molecular complexity index is 1750. The molecule has 0 unspecified atom stereocenters. The third-order valence-electron chi connectivity index (χ3n) is 8.00. The Morgan fingerprint density at radius 1 is 0.727 bits per heavy atom. The third-order valence-corrected chi connectivity index (χ3v) is 12.8. The summed E-state index contributed by atoms with van der Waals surface area (Å²) in [5, 5.41) is 4.01. The fourth-order valence-electron chi connectivity index (χ4n) is 5.85. The van der Waals surface area contributed by atoms with E-state index < -0.39 is 8.07 Å². The number of hydrogen-bond donors (Lipinski definition) is 0. The van der Waals surface area contributed by atoms with Crippen molar-refractivity contribution in [3.8, 4) is 5.75 Å². The van der Waals surface area contributed by atoms with Crippen LogP contribution in [0.5, 0.6) is 5.75 Å². The molecule has 215 valence electrons. The molecule has 0 fully saturated rings. The summed E-state index contributed by atoms with van der Waals surface area (Å²) in [6.45, 7) is 2.84. The number of ether oxygens (including phenoxy) is 1. The van der Waals surface area contributed by atoms with E-state index in [9.17, 15) is 0 Å². The molecule has 1 heterocycles. The van der Waals surface area contributed by atoms with Crippen molar-refractivity contribution < 1.29 is 4.74 Å². The Balaban J connectivity index is 1.48. The van der Waals surface area contributed by atoms with Crippen LogP contribution >= 0.6 is 0 Å². The molecule has 3 nitrogen and oxygen atoms in total. The van der Waals surface area contributed by atoms with E-state index in [1.165, 1.54) is 15.6 Å². The lowest BCUT2D eigenvalue weighted by Gasteiger charge is -2.35. The standard InChI is InChI=1S/C39H36BN2OSi/c1-2-28-43-34-20-15-25-37(30-34)44(35-21-11-5-12-22-35,36-23-13-6-14-24-36)31-42-27-26-41-39(42)40-38(33-18-9-4-10-19-33)29-32-16-7-3-8-17-32/h3-27,29-30H,2,28,31H2,1H3. The van der Waals surface area contributed by atoms with Crippen molar-refractivity contribution in [2.45, 2.75) is 19.5 Å². The molecule has 6 rings (SSSR count). The highest BCUT2D eigenvalue weighted by atomic mass is 28.3. The molecule has 1 radical (unpaired) electrons. The molecule has 6 aromatic rings. The molecule has 0 N–H and O–H groups in total. The summed E-state index contributed by atoms with van der Waals surface area (Å²) < 4.78 is 8.51. The molecule has 0 saturated heterocycles. The SMILES string of the molecule is CCCOc1cccc([Si](Cn2ccnc2[B]C(=Cc2ccccc2)c2ccccc2)(c2ccccc2)c2ccccc2)c1. The van der Waals surface area contributed by atoms with Gasteiger partial charge in [-0.1, -0.05) is 152 Å². The molecule has 0 bridgehead atoms. The summed E-state index contributed by atoms with van der Waals surface area (Å²) in [5.74, 6) is 0.919. The second-order valence-electron chi connectivity index (χ2n) is 10.9. The molecule has 5 aromatic carbocycles. The summed E-state index contributed by atoms with van der Waals surface area (Å²) >= 11 is 0. The quantitative estimate of drug-likeness (QED) is 0.101. The van der Waals surface area contributed by atoms with E-state index in [-0.39, 0.29) is 0 Å². The molecule has 0 aliphatic rings. The van der Waals surface area contributed by atoms with Gasteiger partial charge in [0.25, 0.3) is 0 Å². The van der Waals surface area contributed by atoms with E-state index >= 15 is 0 Å². The molecule has 0 aliphatic heterocycles. The van der Waals surface area contributed by atoms with Crippen LogP contribution in [0.3, 0.4) is 0 Å². The predicted octanol–water partition coefficient (Wildman–Crippen LogP) is 5.91. The number of imidazole rings is 1. The molecule has 0 saturated carbocycles. The van der Waals surface area contributed by atoms with Gasteiger partial charge in [-0.15, -0.1) is 0 Å². The minimum absolute atomic E-state index is 0.700. The number of aromatic nitrogens is 2. The largest absolute Gasteiger partial charge is 0.494 e. The van der Waals surface area contributed by atoms with Gasteiger partial charge in [0.1, 0.15) is 5.75 Å². The molecule has 44 heavy (non-hydrogen) atoms. The number of nitrogens with zero attached hydrogens (tertiary/aromatic N) is 2. The van der Waals surface area contributed by atoms with Gasteiger partial charge >= 0.3 is 0 Å². The van der Waals surface area contributed by atoms with Gasteiger partial charge in [-0.05, 0) is 45.2 Å². The van der Waals surface area contributed by atoms with Gasteiger partial charge in [0.15, 0.2) is 8.07 Å². The van der Waals surface area contributed by atoms with Crippen LogP contribution in [-0.2, 0) is 6.17 Å². The second-order valence-corrected chi connectivity index (χ2v) is 14.8. The fraction of sp³-hybridized carbons (Fsp3) is 0.103. The van der Waals surface area contributed by atoms with Gasteiger partial charge in [-0.2, -0.15) is 0 Å². The smallest absolute Gasteiger partial charge is 0.241 e. The minimum Gasteiger partial charge on any atom is -0.494 e. The van der Waals surface area contributed by atoms with Crippen LogP contribution in [0.2, 0.25) is 0 Å². The van der Waals surface area contributed by atoms with Crippen molar-refractivity contribution in [3.05, 3.63) is 169 Å². The maximum absolute atomic E-state index is 6.17. The average molecular weight is 588 g/mol. The summed E-state index contributed by atoms with van der Waals surface area (Å²) in [7, 11) is -0.411. The topological polar surface area (TPSA) is 27.1 Å². The Hall–Kier alpha value is -4.87. The summed E-state index contributed by atoms with van der Waals surface area (Å²) in [4.78, 5) is 4.91. The molecule has 1 aromatic heterocycles. The zero-order chi connectivity index (χ0) is 30.0. The molecule has 5 heteroatoms. The number of benzene rings is 5. The van der Waals surface area contributed by atoms with Crippen molar-refractivity contribution in [3.63, 3.8) is 0 Å². The van der Waals surface area contributed by atoms with Gasteiger partial charge in [-0.3, -0.25) is 4.98 Å². The molecule has 0 atom stereocenters. The normalized spacial score (nSPS) is 11.7. The van der Waals surface area contributed by atoms with E-state index in [2.05, 4.69) is 177 Å². The Morgan fingerprint density at radius 2 is 1.32 bits per heavy atom. The lowest BCUT2D eigenvalue weighted by atomic mass is 9.65. The monoisotopic (exact) mass is 587 g/mol. The second kappa shape index (κ2) is 14.1. The summed E-state index contributed by atoms with van der Waals surface area (Å²) in [6.07, 6.45) is 8.05. The van der Waals surface area contributed by atoms with E-state index in [0.29, 0.717) is 6.61 Å². The molecular formula is C39H36BN2OSi. The first-order valence-corrected chi connectivity index (χ1v) is 17.5. The Morgan fingerprint density at radius 3 is 1.95 bits per heavy atom. The van der Waals surface area contributed by atoms with Crippen LogP contribution in [0.4, 0.5) is 0 Å². The first kappa shape index (κ1) is 29.2. The minimum atomic E-state index is -2.63. The van der Waals surface area contributed by atoms with Crippen molar-refractivity contribution in [2.24, 2.45) is 0 Å². The van der Waals surface area contributed by atoms with Gasteiger partial charge < -0.3 is 9.30 Å². The third kappa shape index (κ3) is 6.53. The predicted molar refractivity (Wildman–Crippen MR) is 188 cm³/mol. The van der Waals surface area contributed by atoms with E-state index in [0.717, 1.165) is 40.7 Å². The highest BCUT2D eigenvalue weighted by Crippen LogP contribution is 2.19. The van der Waals surface area contributed by atoms with Crippen LogP contribution in [0.1, 0.15) is 24.5 Å². The number of rotatable bonds is 12. The van der Waals surface area contributed by atoms with E-state index in [1.54, 1.807) is 0 Å². The zero-order valence-electron chi connectivity index (χ0n) is 25.1. The van der Waals surface area contributed by atoms with Crippen molar-refractivity contribution >= 4 is 48.2 Å². The van der Waals surface area contributed by atoms with Crippen molar-refractivity contribution in [2.75, 3.05) is 6.61 Å². The van der Waals surface area contributed by atoms with Gasteiger partial charge in [0.05, 0.1) is 12.3 Å². The maximum atomic E-state index is 6.17. The Labute approximate surface area is 262 Å². The highest BCUT2D eigenvalue weighted by Gasteiger charge is 2.40. The first-order valence-electron chi connectivity index (χ1n) is 15.3. The lowest BCUT2D eigenvalue weighted by Crippen LogP contribution is -2.70. The maximum Gasteiger partial charge on any atom is 0.241 e. The zero-order valence-corrected chi connectivity index (χ0v) is 26.1. The summed E-state index contributed by atoms with van der Waals surface area (Å²) in [6, 6.07) is 51.8. The molecular weight excluding hydrogens is 551 g/mol. The van der Waals surface area contributed by atoms with Gasteiger partial charge in [0, 0.05) is 18.6 Å². The Kier molecular flexibility index (Phi) is 9.34. The highest BCUT2D eigenvalue weighted by molar-refractivity contribution is 7.10. The van der Waals surface area contributed by atoms with Crippen molar-refractivity contribution in [1.82, 2.24) is 9.55 Å². The average Bonchev–Trinajstić information content (AvgIpc) is 3.53. The van der Waals surface area contributed by atoms with E-state index in [1.807, 2.05) is 6.20 Å². The molecule has 0 amide bonds.